The molecule has 0 spiro atoms. The molecule has 0 aliphatic rings. The van der Waals surface area contributed by atoms with E-state index in [0.717, 1.165) is 4.70 Å². The molecule has 9 heteroatoms. The molecular formula is C19H18Cl3N3O2S. The first-order valence-electron chi connectivity index (χ1n) is 8.43. The molecule has 1 aromatic heterocycles. The zero-order valence-corrected chi connectivity index (χ0v) is 18.4. The first-order chi connectivity index (χ1) is 13.3. The topological polar surface area (TPSA) is 45.7 Å². The van der Waals surface area contributed by atoms with Crippen LogP contribution in [0.15, 0.2) is 36.4 Å². The lowest BCUT2D eigenvalue weighted by Crippen LogP contribution is -2.39. The van der Waals surface area contributed by atoms with Crippen molar-refractivity contribution in [3.8, 4) is 5.75 Å². The number of hydrogen-bond acceptors (Lipinski definition) is 5. The Bertz CT molecular complexity index is 994. The van der Waals surface area contributed by atoms with E-state index < -0.39 is 0 Å². The summed E-state index contributed by atoms with van der Waals surface area (Å²) in [6.07, 6.45) is 0. The van der Waals surface area contributed by atoms with Gasteiger partial charge in [0, 0.05) is 18.1 Å². The number of anilines is 1. The van der Waals surface area contributed by atoms with Crippen LogP contribution in [0.25, 0.3) is 10.2 Å². The normalized spacial score (nSPS) is 11.2. The highest BCUT2D eigenvalue weighted by Crippen LogP contribution is 2.33. The predicted octanol–water partition coefficient (Wildman–Crippen LogP) is 5.23. The van der Waals surface area contributed by atoms with Gasteiger partial charge in [-0.05, 0) is 44.4 Å². The molecule has 0 unspecified atom stereocenters. The summed E-state index contributed by atoms with van der Waals surface area (Å²) >= 11 is 19.7. The monoisotopic (exact) mass is 457 g/mol. The predicted molar refractivity (Wildman–Crippen MR) is 117 cm³/mol. The molecule has 0 N–H and O–H groups in total. The van der Waals surface area contributed by atoms with Crippen molar-refractivity contribution >= 4 is 67.4 Å². The second-order valence-electron chi connectivity index (χ2n) is 6.30. The molecule has 0 aliphatic heterocycles. The van der Waals surface area contributed by atoms with Crippen molar-refractivity contribution < 1.29 is 9.53 Å². The minimum Gasteiger partial charge on any atom is -0.482 e. The summed E-state index contributed by atoms with van der Waals surface area (Å²) in [7, 11) is 3.89. The van der Waals surface area contributed by atoms with Crippen LogP contribution in [0.4, 0.5) is 5.13 Å². The van der Waals surface area contributed by atoms with Gasteiger partial charge in [-0.25, -0.2) is 4.98 Å². The van der Waals surface area contributed by atoms with E-state index in [1.807, 2.05) is 31.1 Å². The summed E-state index contributed by atoms with van der Waals surface area (Å²) in [5.41, 5.74) is 0.688. The second kappa shape index (κ2) is 9.29. The van der Waals surface area contributed by atoms with Gasteiger partial charge in [0.1, 0.15) is 11.3 Å². The van der Waals surface area contributed by atoms with Crippen LogP contribution in [0.5, 0.6) is 5.75 Å². The second-order valence-corrected chi connectivity index (χ2v) is 8.56. The van der Waals surface area contributed by atoms with Crippen molar-refractivity contribution in [3.05, 3.63) is 51.5 Å². The summed E-state index contributed by atoms with van der Waals surface area (Å²) in [5.74, 6) is 0.183. The average molecular weight is 459 g/mol. The Kier molecular flexibility index (Phi) is 7.01. The van der Waals surface area contributed by atoms with Crippen molar-refractivity contribution in [2.45, 2.75) is 0 Å². The Morgan fingerprint density at radius 2 is 1.89 bits per heavy atom. The number of para-hydroxylation sites is 1. The Morgan fingerprint density at radius 3 is 2.57 bits per heavy atom. The summed E-state index contributed by atoms with van der Waals surface area (Å²) in [6, 6.07) is 10.4. The SMILES string of the molecule is CN(C)CCN(C(=O)COc1ccc(Cl)cc1Cl)c1nc2c(Cl)cccc2s1. The third kappa shape index (κ3) is 5.07. The Morgan fingerprint density at radius 1 is 1.11 bits per heavy atom. The first-order valence-corrected chi connectivity index (χ1v) is 10.4. The molecule has 2 aromatic carbocycles. The molecule has 3 rings (SSSR count). The van der Waals surface area contributed by atoms with Crippen LogP contribution in [0.3, 0.4) is 0 Å². The quantitative estimate of drug-likeness (QED) is 0.486. The number of hydrogen-bond donors (Lipinski definition) is 0. The van der Waals surface area contributed by atoms with Gasteiger partial charge in [0.15, 0.2) is 11.7 Å². The smallest absolute Gasteiger partial charge is 0.266 e. The summed E-state index contributed by atoms with van der Waals surface area (Å²) in [5, 5.41) is 2.00. The lowest BCUT2D eigenvalue weighted by atomic mass is 10.3. The van der Waals surface area contributed by atoms with Crippen LogP contribution in [-0.2, 0) is 4.79 Å². The van der Waals surface area contributed by atoms with E-state index in [9.17, 15) is 4.79 Å². The molecular weight excluding hydrogens is 441 g/mol. The number of thiazole rings is 1. The number of ether oxygens (including phenoxy) is 1. The fraction of sp³-hybridized carbons (Fsp3) is 0.263. The molecule has 0 bridgehead atoms. The number of fused-ring (bicyclic) bond motifs is 1. The summed E-state index contributed by atoms with van der Waals surface area (Å²) in [6.45, 7) is 0.983. The number of aromatic nitrogens is 1. The van der Waals surface area contributed by atoms with Crippen molar-refractivity contribution in [1.82, 2.24) is 9.88 Å². The van der Waals surface area contributed by atoms with Crippen LogP contribution in [0.2, 0.25) is 15.1 Å². The number of nitrogens with zero attached hydrogens (tertiary/aromatic N) is 3. The number of carbonyl (C=O) groups is 1. The molecule has 28 heavy (non-hydrogen) atoms. The van der Waals surface area contributed by atoms with Crippen molar-refractivity contribution in [3.63, 3.8) is 0 Å². The van der Waals surface area contributed by atoms with E-state index in [0.29, 0.717) is 44.6 Å². The molecule has 0 radical (unpaired) electrons. The fourth-order valence-electron chi connectivity index (χ4n) is 2.46. The van der Waals surface area contributed by atoms with Crippen molar-refractivity contribution in [1.29, 1.82) is 0 Å². The van der Waals surface area contributed by atoms with Crippen LogP contribution in [0, 0.1) is 0 Å². The van der Waals surface area contributed by atoms with Gasteiger partial charge in [0.05, 0.1) is 14.7 Å². The van der Waals surface area contributed by atoms with Gasteiger partial charge in [-0.15, -0.1) is 0 Å². The number of amides is 1. The fourth-order valence-corrected chi connectivity index (χ4v) is 4.23. The van der Waals surface area contributed by atoms with Gasteiger partial charge in [-0.1, -0.05) is 52.2 Å². The minimum atomic E-state index is -0.219. The van der Waals surface area contributed by atoms with E-state index in [4.69, 9.17) is 39.5 Å². The Hall–Kier alpha value is -1.57. The molecule has 148 valence electrons. The molecule has 1 heterocycles. The molecule has 0 fully saturated rings. The van der Waals surface area contributed by atoms with Gasteiger partial charge in [-0.2, -0.15) is 0 Å². The highest BCUT2D eigenvalue weighted by Gasteiger charge is 2.21. The molecule has 5 nitrogen and oxygen atoms in total. The highest BCUT2D eigenvalue weighted by molar-refractivity contribution is 7.22. The Labute approximate surface area is 182 Å². The third-order valence-corrected chi connectivity index (χ3v) is 5.79. The molecule has 0 saturated heterocycles. The van der Waals surface area contributed by atoms with Gasteiger partial charge in [-0.3, -0.25) is 9.69 Å². The van der Waals surface area contributed by atoms with E-state index in [-0.39, 0.29) is 12.5 Å². The zero-order chi connectivity index (χ0) is 20.3. The molecule has 1 amide bonds. The number of halogens is 3. The molecule has 0 atom stereocenters. The van der Waals surface area contributed by atoms with E-state index in [2.05, 4.69) is 4.98 Å². The van der Waals surface area contributed by atoms with E-state index in [1.165, 1.54) is 11.3 Å². The van der Waals surface area contributed by atoms with E-state index >= 15 is 0 Å². The van der Waals surface area contributed by atoms with Gasteiger partial charge >= 0.3 is 0 Å². The van der Waals surface area contributed by atoms with Crippen LogP contribution in [0.1, 0.15) is 0 Å². The summed E-state index contributed by atoms with van der Waals surface area (Å²) < 4.78 is 6.54. The third-order valence-electron chi connectivity index (χ3n) is 3.91. The average Bonchev–Trinajstić information content (AvgIpc) is 3.06. The van der Waals surface area contributed by atoms with Gasteiger partial charge in [0.25, 0.3) is 5.91 Å². The molecule has 0 aliphatic carbocycles. The number of rotatable bonds is 7. The zero-order valence-electron chi connectivity index (χ0n) is 15.3. The van der Waals surface area contributed by atoms with Crippen LogP contribution in [-0.4, -0.2) is 49.6 Å². The lowest BCUT2D eigenvalue weighted by molar-refractivity contribution is -0.120. The molecule has 0 saturated carbocycles. The van der Waals surface area contributed by atoms with Gasteiger partial charge in [0.2, 0.25) is 0 Å². The van der Waals surface area contributed by atoms with E-state index in [1.54, 1.807) is 29.2 Å². The number of benzene rings is 2. The number of likely N-dealkylation sites (N-methyl/N-ethyl adjacent to an activating group) is 1. The standard InChI is InChI=1S/C19H18Cl3N3O2S/c1-24(2)8-9-25(19-23-18-13(21)4-3-5-16(18)28-19)17(26)11-27-15-7-6-12(20)10-14(15)22/h3-7,10H,8-9,11H2,1-2H3. The Balaban J connectivity index is 1.81. The minimum absolute atomic E-state index is 0.168. The largest absolute Gasteiger partial charge is 0.482 e. The van der Waals surface area contributed by atoms with Crippen LogP contribution >= 0.6 is 46.1 Å². The van der Waals surface area contributed by atoms with Crippen molar-refractivity contribution in [2.24, 2.45) is 0 Å². The maximum Gasteiger partial charge on any atom is 0.266 e. The van der Waals surface area contributed by atoms with Crippen molar-refractivity contribution in [2.75, 3.05) is 38.7 Å². The summed E-state index contributed by atoms with van der Waals surface area (Å²) in [4.78, 5) is 21.1. The maximum atomic E-state index is 12.9. The lowest BCUT2D eigenvalue weighted by Gasteiger charge is -2.22. The maximum absolute atomic E-state index is 12.9. The first kappa shape index (κ1) is 21.1. The molecule has 3 aromatic rings. The van der Waals surface area contributed by atoms with Gasteiger partial charge < -0.3 is 9.64 Å². The highest BCUT2D eigenvalue weighted by atomic mass is 35.5. The number of carbonyl (C=O) groups excluding carboxylic acids is 1. The van der Waals surface area contributed by atoms with Crippen LogP contribution < -0.4 is 9.64 Å².